The molecule has 7 nitrogen and oxygen atoms in total. The fourth-order valence-corrected chi connectivity index (χ4v) is 10.6. The molecule has 1 saturated heterocycles. The first-order chi connectivity index (χ1) is 15.3. The van der Waals surface area contributed by atoms with Crippen molar-refractivity contribution >= 4 is 5.97 Å². The maximum atomic E-state index is 12.6. The molecule has 0 aromatic heterocycles. The molecule has 5 saturated carbocycles. The van der Waals surface area contributed by atoms with Crippen molar-refractivity contribution < 1.29 is 29.1 Å². The lowest BCUT2D eigenvalue weighted by atomic mass is 9.43. The van der Waals surface area contributed by atoms with Gasteiger partial charge in [0.05, 0.1) is 18.8 Å². The smallest absolute Gasteiger partial charge is 0.302 e. The molecule has 0 unspecified atom stereocenters. The fourth-order valence-electron chi connectivity index (χ4n) is 10.6. The van der Waals surface area contributed by atoms with Gasteiger partial charge in [-0.05, 0) is 49.5 Å². The monoisotopic (exact) mass is 449 g/mol. The molecule has 6 aliphatic rings. The summed E-state index contributed by atoms with van der Waals surface area (Å²) in [7, 11) is 3.36. The van der Waals surface area contributed by atoms with Gasteiger partial charge in [0.2, 0.25) is 0 Å². The van der Waals surface area contributed by atoms with E-state index >= 15 is 0 Å². The van der Waals surface area contributed by atoms with Crippen LogP contribution in [0.3, 0.4) is 0 Å². The average Bonchev–Trinajstić information content (AvgIpc) is 3.20. The minimum absolute atomic E-state index is 0.00259. The van der Waals surface area contributed by atoms with E-state index in [1.54, 1.807) is 14.2 Å². The number of carbonyl (C=O) groups excluding carboxylic acids is 1. The Kier molecular flexibility index (Phi) is 4.70. The van der Waals surface area contributed by atoms with Crippen molar-refractivity contribution in [2.45, 2.75) is 82.8 Å². The Labute approximate surface area is 191 Å². The van der Waals surface area contributed by atoms with Crippen molar-refractivity contribution in [3.05, 3.63) is 0 Å². The van der Waals surface area contributed by atoms with Gasteiger partial charge in [-0.25, -0.2) is 9.78 Å². The summed E-state index contributed by atoms with van der Waals surface area (Å²) < 4.78 is 12.0. The van der Waals surface area contributed by atoms with E-state index in [4.69, 9.17) is 19.2 Å². The van der Waals surface area contributed by atoms with Gasteiger partial charge < -0.3 is 14.6 Å². The van der Waals surface area contributed by atoms with Gasteiger partial charge in [-0.3, -0.25) is 9.69 Å². The van der Waals surface area contributed by atoms with E-state index in [0.717, 1.165) is 38.8 Å². The molecular weight excluding hydrogens is 410 g/mol. The summed E-state index contributed by atoms with van der Waals surface area (Å²) in [6, 6.07) is 0.268. The second-order valence-electron chi connectivity index (χ2n) is 11.9. The maximum absolute atomic E-state index is 12.6. The molecule has 0 radical (unpaired) electrons. The molecule has 1 heterocycles. The number of rotatable bonds is 5. The van der Waals surface area contributed by atoms with Crippen LogP contribution in [0.25, 0.3) is 0 Å². The quantitative estimate of drug-likeness (QED) is 0.392. The van der Waals surface area contributed by atoms with E-state index in [9.17, 15) is 9.90 Å². The Hall–Kier alpha value is -0.730. The molecule has 6 rings (SSSR count). The number of nitrogens with zero attached hydrogens (tertiary/aromatic N) is 1. The van der Waals surface area contributed by atoms with Gasteiger partial charge in [0.1, 0.15) is 12.2 Å². The third-order valence-corrected chi connectivity index (χ3v) is 11.1. The van der Waals surface area contributed by atoms with Crippen molar-refractivity contribution in [3.8, 4) is 0 Å². The molecule has 1 N–H and O–H groups in total. The highest BCUT2D eigenvalue weighted by Gasteiger charge is 2.83. The molecule has 6 fully saturated rings. The number of methoxy groups -OCH3 is 1. The molecule has 0 aromatic rings. The predicted octanol–water partition coefficient (Wildman–Crippen LogP) is 2.41. The zero-order valence-corrected chi connectivity index (χ0v) is 20.1. The zero-order valence-electron chi connectivity index (χ0n) is 20.1. The van der Waals surface area contributed by atoms with E-state index < -0.39 is 5.60 Å². The van der Waals surface area contributed by atoms with Crippen LogP contribution < -0.4 is 0 Å². The molecule has 1 spiro atoms. The van der Waals surface area contributed by atoms with Crippen LogP contribution in [0.15, 0.2) is 0 Å². The first kappa shape index (κ1) is 21.8. The van der Waals surface area contributed by atoms with Gasteiger partial charge in [-0.15, -0.1) is 0 Å². The number of piperidine rings is 1. The van der Waals surface area contributed by atoms with Crippen LogP contribution in [-0.2, 0) is 24.0 Å². The van der Waals surface area contributed by atoms with Gasteiger partial charge in [-0.2, -0.15) is 0 Å². The Morgan fingerprint density at radius 2 is 2.00 bits per heavy atom. The Morgan fingerprint density at radius 1 is 1.22 bits per heavy atom. The third-order valence-electron chi connectivity index (χ3n) is 11.1. The lowest BCUT2D eigenvalue weighted by molar-refractivity contribution is -0.372. The van der Waals surface area contributed by atoms with Crippen molar-refractivity contribution in [1.29, 1.82) is 0 Å². The summed E-state index contributed by atoms with van der Waals surface area (Å²) in [6.45, 7) is 8.28. The summed E-state index contributed by atoms with van der Waals surface area (Å²) in [5, 5.41) is 12.6. The number of hydrogen-bond donors (Lipinski definition) is 1. The van der Waals surface area contributed by atoms with E-state index in [2.05, 4.69) is 18.7 Å². The third kappa shape index (κ3) is 2.33. The summed E-state index contributed by atoms with van der Waals surface area (Å²) in [6.07, 6.45) is 4.30. The lowest BCUT2D eigenvalue weighted by Crippen LogP contribution is -2.75. The molecule has 0 aromatic carbocycles. The fraction of sp³-hybridized carbons (Fsp3) is 0.960. The Bertz CT molecular complexity index is 807. The molecule has 12 atom stereocenters. The molecule has 7 bridgehead atoms. The van der Waals surface area contributed by atoms with Crippen molar-refractivity contribution in [3.63, 3.8) is 0 Å². The van der Waals surface area contributed by atoms with E-state index in [1.807, 2.05) is 0 Å². The topological polar surface area (TPSA) is 77.5 Å². The number of fused-ring (bicyclic) bond motifs is 2. The van der Waals surface area contributed by atoms with Crippen LogP contribution in [-0.4, -0.2) is 73.2 Å². The van der Waals surface area contributed by atoms with Gasteiger partial charge in [0.25, 0.3) is 0 Å². The summed E-state index contributed by atoms with van der Waals surface area (Å²) in [4.78, 5) is 26.3. The predicted molar refractivity (Wildman–Crippen MR) is 115 cm³/mol. The molecule has 5 aliphatic carbocycles. The van der Waals surface area contributed by atoms with Crippen LogP contribution in [0.4, 0.5) is 0 Å². The Balaban J connectivity index is 1.56. The van der Waals surface area contributed by atoms with E-state index in [1.165, 1.54) is 6.92 Å². The summed E-state index contributed by atoms with van der Waals surface area (Å²) in [5.41, 5.74) is -0.768. The highest BCUT2D eigenvalue weighted by atomic mass is 17.2. The lowest BCUT2D eigenvalue weighted by Gasteiger charge is -2.68. The van der Waals surface area contributed by atoms with Crippen LogP contribution in [0, 0.1) is 40.4 Å². The van der Waals surface area contributed by atoms with Gasteiger partial charge in [-0.1, -0.05) is 13.8 Å². The number of likely N-dealkylation sites (tertiary alicyclic amines) is 1. The molecule has 1 aliphatic heterocycles. The maximum Gasteiger partial charge on any atom is 0.302 e. The standard InChI is InChI=1S/C25H39NO6/c1-6-26-12-23(3)8-7-19(32-30-5)25-15-9-14-17(29-4)11-24(28,16(22(25)26)10-18(23)25)20(15)21(14)31-13(2)27/h14-22,28H,6-12H2,1-5H3/t14-,15-,16+,17+,18-,19+,20-,21-,22-,23+,24+,25-/m1/s1. The number of aliphatic hydroxyl groups is 1. The molecule has 180 valence electrons. The molecular formula is C25H39NO6. The summed E-state index contributed by atoms with van der Waals surface area (Å²) >= 11 is 0. The number of esters is 1. The van der Waals surface area contributed by atoms with Crippen LogP contribution in [0.5, 0.6) is 0 Å². The minimum atomic E-state index is -0.887. The average molecular weight is 450 g/mol. The summed E-state index contributed by atoms with van der Waals surface area (Å²) in [5.74, 6) is 0.648. The zero-order chi connectivity index (χ0) is 22.6. The van der Waals surface area contributed by atoms with Crippen molar-refractivity contribution in [2.75, 3.05) is 27.3 Å². The molecule has 32 heavy (non-hydrogen) atoms. The second-order valence-corrected chi connectivity index (χ2v) is 11.9. The largest absolute Gasteiger partial charge is 0.462 e. The van der Waals surface area contributed by atoms with E-state index in [-0.39, 0.29) is 64.8 Å². The van der Waals surface area contributed by atoms with Gasteiger partial charge >= 0.3 is 5.97 Å². The SMILES string of the molecule is CCN1C[C@]2(C)CC[C@H](OOC)[C@@]34[C@@H]5C[C@H]6[C@@H](OC(C)=O)[C@@H]5[C@](O)(C[C@@H]6OC)[C@@H](C[C@H]23)[C@@H]14. The van der Waals surface area contributed by atoms with E-state index in [0.29, 0.717) is 12.3 Å². The van der Waals surface area contributed by atoms with Gasteiger partial charge in [0, 0.05) is 56.2 Å². The number of ether oxygens (including phenoxy) is 2. The second kappa shape index (κ2) is 6.91. The van der Waals surface area contributed by atoms with Crippen LogP contribution >= 0.6 is 0 Å². The molecule has 7 heteroatoms. The minimum Gasteiger partial charge on any atom is -0.462 e. The van der Waals surface area contributed by atoms with Crippen LogP contribution in [0.1, 0.15) is 52.9 Å². The van der Waals surface area contributed by atoms with Crippen molar-refractivity contribution in [2.24, 2.45) is 40.4 Å². The Morgan fingerprint density at radius 3 is 2.66 bits per heavy atom. The number of hydrogen-bond acceptors (Lipinski definition) is 7. The number of carbonyl (C=O) groups is 1. The van der Waals surface area contributed by atoms with Crippen molar-refractivity contribution in [1.82, 2.24) is 4.90 Å². The first-order valence-corrected chi connectivity index (χ1v) is 12.6. The van der Waals surface area contributed by atoms with Crippen LogP contribution in [0.2, 0.25) is 0 Å². The molecule has 0 amide bonds. The van der Waals surface area contributed by atoms with Gasteiger partial charge in [0.15, 0.2) is 0 Å². The first-order valence-electron chi connectivity index (χ1n) is 12.6. The normalized spacial score (nSPS) is 57.5. The highest BCUT2D eigenvalue weighted by molar-refractivity contribution is 5.66. The highest BCUT2D eigenvalue weighted by Crippen LogP contribution is 2.79.